The number of hydrogen-bond donors (Lipinski definition) is 2. The fraction of sp³-hybridized carbons (Fsp3) is 0.227. The van der Waals surface area contributed by atoms with E-state index in [1.165, 1.54) is 6.26 Å². The molecule has 4 aromatic rings. The van der Waals surface area contributed by atoms with Gasteiger partial charge in [-0.3, -0.25) is 4.79 Å². The molecule has 0 spiro atoms. The highest BCUT2D eigenvalue weighted by atomic mass is 19.4. The van der Waals surface area contributed by atoms with Crippen molar-refractivity contribution in [2.75, 3.05) is 5.32 Å². The normalized spacial score (nSPS) is 17.9. The second kappa shape index (κ2) is 8.15. The van der Waals surface area contributed by atoms with Crippen LogP contribution in [0.4, 0.5) is 19.0 Å². The van der Waals surface area contributed by atoms with Gasteiger partial charge in [-0.1, -0.05) is 12.1 Å². The number of fused-ring (bicyclic) bond motifs is 1. The Morgan fingerprint density at radius 2 is 2.00 bits per heavy atom. The van der Waals surface area contributed by atoms with Crippen molar-refractivity contribution in [1.82, 2.24) is 24.9 Å². The zero-order valence-electron chi connectivity index (χ0n) is 17.2. The second-order valence-electron chi connectivity index (χ2n) is 7.66. The minimum Gasteiger partial charge on any atom is -0.467 e. The van der Waals surface area contributed by atoms with E-state index in [9.17, 15) is 18.0 Å². The van der Waals surface area contributed by atoms with Crippen molar-refractivity contribution in [2.45, 2.75) is 31.2 Å². The minimum atomic E-state index is -4.53. The Labute approximate surface area is 186 Å². The maximum Gasteiger partial charge on any atom is 0.410 e. The molecule has 0 saturated carbocycles. The van der Waals surface area contributed by atoms with Gasteiger partial charge >= 0.3 is 6.18 Å². The first-order valence-electron chi connectivity index (χ1n) is 10.2. The zero-order chi connectivity index (χ0) is 23.0. The lowest BCUT2D eigenvalue weighted by atomic mass is 10.0. The lowest BCUT2D eigenvalue weighted by molar-refractivity contribution is -0.174. The average Bonchev–Trinajstić information content (AvgIpc) is 3.58. The molecule has 1 amide bonds. The van der Waals surface area contributed by atoms with E-state index < -0.39 is 24.2 Å². The van der Waals surface area contributed by atoms with Crippen LogP contribution in [-0.4, -0.2) is 31.6 Å². The van der Waals surface area contributed by atoms with E-state index in [-0.39, 0.29) is 24.3 Å². The van der Waals surface area contributed by atoms with Crippen molar-refractivity contribution in [1.29, 1.82) is 0 Å². The Bertz CT molecular complexity index is 1230. The number of nitrogens with one attached hydrogen (secondary N) is 2. The first kappa shape index (κ1) is 20.9. The fourth-order valence-electron chi connectivity index (χ4n) is 3.87. The van der Waals surface area contributed by atoms with Gasteiger partial charge in [-0.05, 0) is 35.9 Å². The molecule has 170 valence electrons. The number of alkyl halides is 3. The van der Waals surface area contributed by atoms with Crippen LogP contribution in [0.5, 0.6) is 0 Å². The largest absolute Gasteiger partial charge is 0.467 e. The van der Waals surface area contributed by atoms with Crippen LogP contribution in [0.1, 0.15) is 40.2 Å². The quantitative estimate of drug-likeness (QED) is 0.469. The number of nitrogens with zero attached hydrogens (tertiary/aromatic N) is 4. The molecule has 2 atom stereocenters. The van der Waals surface area contributed by atoms with Crippen molar-refractivity contribution in [2.24, 2.45) is 0 Å². The van der Waals surface area contributed by atoms with Crippen molar-refractivity contribution in [3.8, 4) is 5.69 Å². The molecule has 33 heavy (non-hydrogen) atoms. The summed E-state index contributed by atoms with van der Waals surface area (Å²) in [5.74, 6) is -0.155. The van der Waals surface area contributed by atoms with E-state index >= 15 is 0 Å². The number of hydrogen-bond acceptors (Lipinski definition) is 5. The summed E-state index contributed by atoms with van der Waals surface area (Å²) in [4.78, 5) is 12.8. The topological polar surface area (TPSA) is 89.9 Å². The molecular weight excluding hydrogens is 437 g/mol. The van der Waals surface area contributed by atoms with Gasteiger partial charge in [-0.25, -0.2) is 9.36 Å². The average molecular weight is 456 g/mol. The molecule has 0 bridgehead atoms. The van der Waals surface area contributed by atoms with E-state index in [1.807, 2.05) is 36.5 Å². The van der Waals surface area contributed by atoms with Crippen LogP contribution in [-0.2, 0) is 6.54 Å². The standard InChI is InChI=1S/C22H19F3N6O2/c23-22(24,25)19-11-17(18-3-1-10-33-18)29-20-16(13-28-31(19)20)21(32)26-12-14-4-6-15(7-5-14)30-9-2-8-27-30/h1-10,13,17,19,29H,11-12H2,(H,26,32). The molecule has 5 rings (SSSR count). The summed E-state index contributed by atoms with van der Waals surface area (Å²) >= 11 is 0. The molecule has 2 N–H and O–H groups in total. The molecule has 2 unspecified atom stereocenters. The summed E-state index contributed by atoms with van der Waals surface area (Å²) in [7, 11) is 0. The Kier molecular flexibility index (Phi) is 5.15. The van der Waals surface area contributed by atoms with E-state index in [0.29, 0.717) is 5.76 Å². The third kappa shape index (κ3) is 4.09. The summed E-state index contributed by atoms with van der Waals surface area (Å²) in [6, 6.07) is 9.82. The summed E-state index contributed by atoms with van der Waals surface area (Å²) in [6.07, 6.45) is 1.22. The molecule has 11 heteroatoms. The third-order valence-electron chi connectivity index (χ3n) is 5.53. The van der Waals surface area contributed by atoms with Crippen molar-refractivity contribution < 1.29 is 22.4 Å². The number of rotatable bonds is 5. The van der Waals surface area contributed by atoms with Gasteiger partial charge in [0, 0.05) is 25.4 Å². The second-order valence-corrected chi connectivity index (χ2v) is 7.66. The predicted octanol–water partition coefficient (Wildman–Crippen LogP) is 4.25. The van der Waals surface area contributed by atoms with Crippen LogP contribution in [0.3, 0.4) is 0 Å². The Balaban J connectivity index is 1.34. The maximum absolute atomic E-state index is 13.7. The van der Waals surface area contributed by atoms with Crippen molar-refractivity contribution >= 4 is 11.7 Å². The molecule has 3 aromatic heterocycles. The molecular formula is C22H19F3N6O2. The molecule has 4 heterocycles. The highest BCUT2D eigenvalue weighted by molar-refractivity contribution is 5.98. The van der Waals surface area contributed by atoms with Gasteiger partial charge < -0.3 is 15.1 Å². The molecule has 0 radical (unpaired) electrons. The highest BCUT2D eigenvalue weighted by Crippen LogP contribution is 2.44. The fourth-order valence-corrected chi connectivity index (χ4v) is 3.87. The summed E-state index contributed by atoms with van der Waals surface area (Å²) in [5, 5.41) is 13.8. The van der Waals surface area contributed by atoms with Gasteiger partial charge in [-0.2, -0.15) is 23.4 Å². The number of amides is 1. The summed E-state index contributed by atoms with van der Waals surface area (Å²) < 4.78 is 49.0. The smallest absolute Gasteiger partial charge is 0.410 e. The van der Waals surface area contributed by atoms with Gasteiger partial charge in [-0.15, -0.1) is 0 Å². The molecule has 1 aliphatic rings. The summed E-state index contributed by atoms with van der Waals surface area (Å²) in [6.45, 7) is 0.202. The number of aromatic nitrogens is 4. The van der Waals surface area contributed by atoms with Gasteiger partial charge in [0.05, 0.1) is 24.2 Å². The lowest BCUT2D eigenvalue weighted by Gasteiger charge is -2.32. The van der Waals surface area contributed by atoms with Crippen LogP contribution >= 0.6 is 0 Å². The highest BCUT2D eigenvalue weighted by Gasteiger charge is 2.47. The number of halogens is 3. The first-order valence-corrected chi connectivity index (χ1v) is 10.2. The zero-order valence-corrected chi connectivity index (χ0v) is 17.2. The number of carbonyl (C=O) groups is 1. The van der Waals surface area contributed by atoms with Crippen molar-refractivity contribution in [3.63, 3.8) is 0 Å². The van der Waals surface area contributed by atoms with Gasteiger partial charge in [0.15, 0.2) is 6.04 Å². The molecule has 8 nitrogen and oxygen atoms in total. The number of carbonyl (C=O) groups excluding carboxylic acids is 1. The van der Waals surface area contributed by atoms with Gasteiger partial charge in [0.1, 0.15) is 17.1 Å². The molecule has 0 fully saturated rings. The Hall–Kier alpha value is -4.02. The van der Waals surface area contributed by atoms with Crippen molar-refractivity contribution in [3.05, 3.63) is 84.2 Å². The number of anilines is 1. The lowest BCUT2D eigenvalue weighted by Crippen LogP contribution is -2.36. The van der Waals surface area contributed by atoms with Crippen LogP contribution in [0.15, 0.2) is 71.7 Å². The van der Waals surface area contributed by atoms with Crippen LogP contribution < -0.4 is 10.6 Å². The van der Waals surface area contributed by atoms with Crippen LogP contribution in [0, 0.1) is 0 Å². The SMILES string of the molecule is O=C(NCc1ccc(-n2cccn2)cc1)c1cnn2c1NC(c1ccco1)CC2C(F)(F)F. The molecule has 1 aliphatic heterocycles. The predicted molar refractivity (Wildman–Crippen MR) is 112 cm³/mol. The first-order chi connectivity index (χ1) is 15.9. The van der Waals surface area contributed by atoms with E-state index in [2.05, 4.69) is 20.8 Å². The van der Waals surface area contributed by atoms with Crippen LogP contribution in [0.25, 0.3) is 5.69 Å². The number of benzene rings is 1. The molecule has 0 aliphatic carbocycles. The van der Waals surface area contributed by atoms with Crippen LogP contribution in [0.2, 0.25) is 0 Å². The van der Waals surface area contributed by atoms with E-state index in [1.54, 1.807) is 23.0 Å². The third-order valence-corrected chi connectivity index (χ3v) is 5.53. The van der Waals surface area contributed by atoms with E-state index in [0.717, 1.165) is 22.1 Å². The Morgan fingerprint density at radius 1 is 1.18 bits per heavy atom. The molecule has 1 aromatic carbocycles. The maximum atomic E-state index is 13.7. The van der Waals surface area contributed by atoms with Gasteiger partial charge in [0.25, 0.3) is 5.91 Å². The Morgan fingerprint density at radius 3 is 2.67 bits per heavy atom. The summed E-state index contributed by atoms with van der Waals surface area (Å²) in [5.41, 5.74) is 1.73. The molecule has 0 saturated heterocycles. The minimum absolute atomic E-state index is 0.0107. The van der Waals surface area contributed by atoms with E-state index in [4.69, 9.17) is 4.42 Å². The monoisotopic (exact) mass is 456 g/mol. The van der Waals surface area contributed by atoms with Gasteiger partial charge in [0.2, 0.25) is 0 Å². The number of furan rings is 1.